The number of carboxylic acids is 1. The molecule has 1 saturated heterocycles. The molecule has 0 amide bonds. The van der Waals surface area contributed by atoms with Gasteiger partial charge in [0.05, 0.1) is 40.6 Å². The van der Waals surface area contributed by atoms with Crippen LogP contribution in [-0.4, -0.2) is 53.3 Å². The molecule has 3 aromatic heterocycles. The summed E-state index contributed by atoms with van der Waals surface area (Å²) in [6.07, 6.45) is 3.04. The third-order valence-corrected chi connectivity index (χ3v) is 10.4. The molecule has 1 aliphatic heterocycles. The monoisotopic (exact) mass is 832 g/mol. The van der Waals surface area contributed by atoms with Gasteiger partial charge in [-0.1, -0.05) is 72.8 Å². The molecular weight excluding hydrogens is 793 g/mol. The first kappa shape index (κ1) is 41.3. The molecule has 1 aliphatic carbocycles. The molecule has 1 radical (unpaired) electrons. The van der Waals surface area contributed by atoms with Crippen molar-refractivity contribution in [3.05, 3.63) is 130 Å². The van der Waals surface area contributed by atoms with Gasteiger partial charge >= 0.3 is 17.1 Å². The van der Waals surface area contributed by atoms with Crippen molar-refractivity contribution in [1.82, 2.24) is 19.9 Å². The maximum absolute atomic E-state index is 15.1. The molecule has 295 valence electrons. The summed E-state index contributed by atoms with van der Waals surface area (Å²) in [5, 5.41) is 17.0. The number of carbonyl (C=O) groups is 1. The standard InChI is InChI=1S/C26H20N2.C19H22FN3O4.ClH.Cu/c1-17-15-23(19-9-5-3-6-10-19)21-13-14-22-24(20-11-7-4-8-12-20)16-18(2)28-26(22)25(21)27-17;1-10-8-22(6-5-21-10)16-14(20)7-12-15(18(16)27-2)23(11-3-4-11)9-13(17(12)24)19(25)26;;/h3-16H,1-2H3;7,9-11,21H,3-6,8H2,1-2H3,(H,25,26);1H;/q;;;+2/p-2. The van der Waals surface area contributed by atoms with Gasteiger partial charge in [-0.25, -0.2) is 4.39 Å². The summed E-state index contributed by atoms with van der Waals surface area (Å²) in [6.45, 7) is 8.04. The number of hydrogen-bond acceptors (Lipinski definition) is 8. The molecule has 12 heteroatoms. The summed E-state index contributed by atoms with van der Waals surface area (Å²) in [5.41, 5.74) is 8.30. The topological polar surface area (TPSA) is 112 Å². The van der Waals surface area contributed by atoms with E-state index in [4.69, 9.17) is 14.7 Å². The van der Waals surface area contributed by atoms with Crippen LogP contribution in [0.25, 0.3) is 55.0 Å². The first-order valence-corrected chi connectivity index (χ1v) is 18.6. The fourth-order valence-corrected chi connectivity index (χ4v) is 7.80. The maximum atomic E-state index is 15.1. The van der Waals surface area contributed by atoms with Crippen molar-refractivity contribution in [2.24, 2.45) is 0 Å². The van der Waals surface area contributed by atoms with Gasteiger partial charge in [0, 0.05) is 60.1 Å². The van der Waals surface area contributed by atoms with E-state index in [1.54, 1.807) is 4.57 Å². The maximum Gasteiger partial charge on any atom is 2.00 e. The minimum Gasteiger partial charge on any atom is -1.00 e. The number of benzene rings is 4. The van der Waals surface area contributed by atoms with Crippen molar-refractivity contribution in [2.75, 3.05) is 31.6 Å². The number of carboxylic acid groups (broad SMARTS) is 1. The van der Waals surface area contributed by atoms with Crippen molar-refractivity contribution in [2.45, 2.75) is 45.7 Å². The molecule has 1 saturated carbocycles. The summed E-state index contributed by atoms with van der Waals surface area (Å²) in [4.78, 5) is 35.7. The van der Waals surface area contributed by atoms with Crippen LogP contribution in [0.4, 0.5) is 10.1 Å². The number of fused-ring (bicyclic) bond motifs is 4. The van der Waals surface area contributed by atoms with Crippen LogP contribution in [-0.2, 0) is 17.1 Å². The van der Waals surface area contributed by atoms with Crippen LogP contribution < -0.4 is 37.9 Å². The van der Waals surface area contributed by atoms with E-state index in [9.17, 15) is 14.7 Å². The van der Waals surface area contributed by atoms with Crippen molar-refractivity contribution in [3.8, 4) is 28.0 Å². The smallest absolute Gasteiger partial charge is 1.00 e. The van der Waals surface area contributed by atoms with Gasteiger partial charge in [-0.05, 0) is 74.1 Å². The number of aromatic carboxylic acids is 1. The van der Waals surface area contributed by atoms with Crippen LogP contribution in [0.1, 0.15) is 47.6 Å². The first-order chi connectivity index (χ1) is 26.6. The van der Waals surface area contributed by atoms with E-state index in [1.165, 1.54) is 35.6 Å². The average Bonchev–Trinajstić information content (AvgIpc) is 4.04. The normalized spacial score (nSPS) is 15.0. The van der Waals surface area contributed by atoms with Crippen molar-refractivity contribution in [3.63, 3.8) is 0 Å². The third kappa shape index (κ3) is 7.98. The number of anilines is 1. The Hall–Kier alpha value is -5.32. The molecule has 57 heavy (non-hydrogen) atoms. The fourth-order valence-electron chi connectivity index (χ4n) is 7.80. The van der Waals surface area contributed by atoms with Gasteiger partial charge in [-0.2, -0.15) is 0 Å². The van der Waals surface area contributed by atoms with Gasteiger partial charge in [0.2, 0.25) is 0 Å². The van der Waals surface area contributed by atoms with E-state index in [0.717, 1.165) is 52.1 Å². The van der Waals surface area contributed by atoms with Gasteiger partial charge in [-0.3, -0.25) is 14.8 Å². The van der Waals surface area contributed by atoms with Gasteiger partial charge < -0.3 is 41.8 Å². The molecule has 7 aromatic rings. The quantitative estimate of drug-likeness (QED) is 0.194. The Kier molecular flexibility index (Phi) is 12.4. The number of piperazine rings is 1. The van der Waals surface area contributed by atoms with E-state index in [2.05, 4.69) is 92.0 Å². The van der Waals surface area contributed by atoms with E-state index in [-0.39, 0.29) is 52.7 Å². The molecule has 4 heterocycles. The summed E-state index contributed by atoms with van der Waals surface area (Å²) >= 11 is 0. The first-order valence-electron chi connectivity index (χ1n) is 18.6. The zero-order valence-electron chi connectivity index (χ0n) is 31.9. The predicted octanol–water partition coefficient (Wildman–Crippen LogP) is 4.38. The molecule has 1 unspecified atom stereocenters. The van der Waals surface area contributed by atoms with Crippen molar-refractivity contribution < 1.29 is 48.5 Å². The Balaban J connectivity index is 0.000000186. The molecule has 9 nitrogen and oxygen atoms in total. The molecule has 4 aromatic carbocycles. The third-order valence-electron chi connectivity index (χ3n) is 10.4. The van der Waals surface area contributed by atoms with Crippen LogP contribution in [0.15, 0.2) is 102 Å². The fraction of sp³-hybridized carbons (Fsp3) is 0.244. The average molecular weight is 834 g/mol. The van der Waals surface area contributed by atoms with Gasteiger partial charge in [0.15, 0.2) is 17.0 Å². The number of methoxy groups -OCH3 is 1. The SMILES string of the molecule is COc1c(N2CCNC(C)C2)c(F)cc2c(=O)c(C(=O)[O-])cn(C3CC3)c12.Cc1cc(-c2ccccc2)c2ccc3c(-c4ccccc4)cc(C)nc3c2n1.[Cl-].[Cu+2]. The Labute approximate surface area is 346 Å². The second-order valence-corrected chi connectivity index (χ2v) is 14.4. The second-order valence-electron chi connectivity index (χ2n) is 14.4. The summed E-state index contributed by atoms with van der Waals surface area (Å²) in [6, 6.07) is 31.1. The van der Waals surface area contributed by atoms with E-state index in [0.29, 0.717) is 30.8 Å². The zero-order chi connectivity index (χ0) is 38.4. The number of hydrogen-bond donors (Lipinski definition) is 1. The molecule has 0 spiro atoms. The predicted molar refractivity (Wildman–Crippen MR) is 214 cm³/mol. The van der Waals surface area contributed by atoms with E-state index < -0.39 is 22.8 Å². The van der Waals surface area contributed by atoms with Crippen molar-refractivity contribution in [1.29, 1.82) is 0 Å². The number of halogens is 2. The van der Waals surface area contributed by atoms with Crippen LogP contribution in [0.2, 0.25) is 0 Å². The Morgan fingerprint density at radius 3 is 1.88 bits per heavy atom. The molecule has 9 rings (SSSR count). The Morgan fingerprint density at radius 2 is 1.40 bits per heavy atom. The van der Waals surface area contributed by atoms with Crippen LogP contribution in [0, 0.1) is 19.7 Å². The largest absolute Gasteiger partial charge is 2.00 e. The van der Waals surface area contributed by atoms with Crippen molar-refractivity contribution >= 4 is 44.4 Å². The Morgan fingerprint density at radius 1 is 0.860 bits per heavy atom. The van der Waals surface area contributed by atoms with Gasteiger partial charge in [0.25, 0.3) is 0 Å². The van der Waals surface area contributed by atoms with Crippen LogP contribution >= 0.6 is 0 Å². The Bertz CT molecular complexity index is 2570. The molecule has 1 atom stereocenters. The van der Waals surface area contributed by atoms with Gasteiger partial charge in [-0.15, -0.1) is 0 Å². The molecular formula is C45H41ClCuFN5O4. The van der Waals surface area contributed by atoms with Crippen LogP contribution in [0.5, 0.6) is 5.75 Å². The molecule has 0 bridgehead atoms. The van der Waals surface area contributed by atoms with Gasteiger partial charge in [0.1, 0.15) is 5.69 Å². The number of pyridine rings is 3. The van der Waals surface area contributed by atoms with E-state index in [1.807, 2.05) is 24.0 Å². The number of rotatable bonds is 6. The number of carbonyl (C=O) groups excluding carboxylic acids is 1. The van der Waals surface area contributed by atoms with Crippen LogP contribution in [0.3, 0.4) is 0 Å². The number of ether oxygens (including phenoxy) is 1. The second kappa shape index (κ2) is 17.0. The zero-order valence-corrected chi connectivity index (χ0v) is 33.6. The minimum absolute atomic E-state index is 0. The molecule has 2 fully saturated rings. The number of aromatic nitrogens is 3. The summed E-state index contributed by atoms with van der Waals surface area (Å²) < 4.78 is 22.4. The molecule has 2 aliphatic rings. The summed E-state index contributed by atoms with van der Waals surface area (Å²) in [5.74, 6) is -1.88. The molecule has 1 N–H and O–H groups in total. The number of aryl methyl sites for hydroxylation is 2. The summed E-state index contributed by atoms with van der Waals surface area (Å²) in [7, 11) is 1.44. The minimum atomic E-state index is -1.56. The van der Waals surface area contributed by atoms with E-state index >= 15 is 4.39 Å². The number of nitrogens with one attached hydrogen (secondary N) is 1. The number of nitrogens with zero attached hydrogens (tertiary/aromatic N) is 4.